The zero-order chi connectivity index (χ0) is 65.4. The molecule has 17 heteroatoms. The van der Waals surface area contributed by atoms with Gasteiger partial charge in [-0.25, -0.2) is 14.4 Å². The van der Waals surface area contributed by atoms with Crippen LogP contribution in [0.5, 0.6) is 5.88 Å². The summed E-state index contributed by atoms with van der Waals surface area (Å²) in [5, 5.41) is 9.93. The highest BCUT2D eigenvalue weighted by Crippen LogP contribution is 2.65. The SMILES string of the molecule is CC1(C)CC(=O)C(C)(C)C1(C)C.CC1(C)CC(O)C(C)(C)C1(C)C.COC(=O)OC1CC(C)(C)C(C)(C)C1(C)C.COC(=O)[n+]1ccc(N(C)C)cc1.COCC(=O)OC1CC(C)(C)C(C)(C)C1(C)C.COCC(=O)Oc1cccc[n+]1C.[CH3-].[Cl-]. The summed E-state index contributed by atoms with van der Waals surface area (Å²) < 4.78 is 37.6. The number of aryl methyl sites for hydroxylation is 1. The summed E-state index contributed by atoms with van der Waals surface area (Å²) in [5.74, 6) is 0.255. The van der Waals surface area contributed by atoms with Gasteiger partial charge in [0, 0.05) is 74.9 Å². The maximum atomic E-state index is 11.7. The minimum absolute atomic E-state index is 0. The number of hydrogen-bond acceptors (Lipinski definition) is 14. The van der Waals surface area contributed by atoms with Gasteiger partial charge in [-0.05, 0) is 74.1 Å². The molecule has 16 nitrogen and oxygen atoms in total. The quantitative estimate of drug-likeness (QED) is 0.114. The molecule has 492 valence electrons. The number of aliphatic hydroxyl groups excluding tert-OH is 1. The highest BCUT2D eigenvalue weighted by molar-refractivity contribution is 5.88. The Morgan fingerprint density at radius 3 is 1.25 bits per heavy atom. The van der Waals surface area contributed by atoms with Crippen molar-refractivity contribution in [2.45, 2.75) is 210 Å². The first-order valence-corrected chi connectivity index (χ1v) is 29.3. The molecule has 4 fully saturated rings. The largest absolute Gasteiger partial charge is 1.00 e. The second-order valence-electron chi connectivity index (χ2n) is 30.4. The molecular formula is C68H120ClN3O13. The van der Waals surface area contributed by atoms with Gasteiger partial charge >= 0.3 is 30.1 Å². The summed E-state index contributed by atoms with van der Waals surface area (Å²) in [6.07, 6.45) is 7.35. The van der Waals surface area contributed by atoms with Crippen molar-refractivity contribution in [1.82, 2.24) is 0 Å². The molecular weight excluding hydrogens is 1100 g/mol. The van der Waals surface area contributed by atoms with Gasteiger partial charge in [-0.2, -0.15) is 9.36 Å². The molecule has 0 radical (unpaired) electrons. The highest BCUT2D eigenvalue weighted by atomic mass is 35.5. The second-order valence-corrected chi connectivity index (χ2v) is 30.4. The van der Waals surface area contributed by atoms with E-state index in [0.717, 1.165) is 31.4 Å². The fraction of sp³-hybridized carbons (Fsp3) is 0.765. The van der Waals surface area contributed by atoms with Gasteiger partial charge in [0.25, 0.3) is 0 Å². The van der Waals surface area contributed by atoms with Crippen LogP contribution in [0.15, 0.2) is 48.9 Å². The summed E-state index contributed by atoms with van der Waals surface area (Å²) in [5.41, 5.74) is 2.10. The molecule has 4 aliphatic rings. The minimum atomic E-state index is -0.577. The lowest BCUT2D eigenvalue weighted by Crippen LogP contribution is -3.00. The molecule has 2 aromatic heterocycles. The van der Waals surface area contributed by atoms with Crippen LogP contribution in [-0.4, -0.2) is 109 Å². The number of halogens is 1. The van der Waals surface area contributed by atoms with Gasteiger partial charge in [0.2, 0.25) is 0 Å². The Bertz CT molecular complexity index is 2490. The van der Waals surface area contributed by atoms with Crippen molar-refractivity contribution in [2.75, 3.05) is 60.6 Å². The maximum Gasteiger partial charge on any atom is 0.601 e. The number of ether oxygens (including phenoxy) is 7. The van der Waals surface area contributed by atoms with Crippen molar-refractivity contribution in [3.63, 3.8) is 0 Å². The number of nitrogens with zero attached hydrogens (tertiary/aromatic N) is 3. The number of ketones is 1. The van der Waals surface area contributed by atoms with Gasteiger partial charge < -0.3 is 63.0 Å². The molecule has 6 rings (SSSR count). The molecule has 4 saturated carbocycles. The van der Waals surface area contributed by atoms with E-state index in [0.29, 0.717) is 11.7 Å². The van der Waals surface area contributed by atoms with Gasteiger partial charge in [0.1, 0.15) is 38.3 Å². The Kier molecular flexibility index (Phi) is 29.4. The van der Waals surface area contributed by atoms with Crippen LogP contribution in [0.25, 0.3) is 0 Å². The molecule has 0 saturated heterocycles. The van der Waals surface area contributed by atoms with Gasteiger partial charge in [-0.15, -0.1) is 0 Å². The maximum absolute atomic E-state index is 11.7. The van der Waals surface area contributed by atoms with Crippen LogP contribution in [0.1, 0.15) is 192 Å². The van der Waals surface area contributed by atoms with E-state index in [1.807, 2.05) is 37.2 Å². The number of anilines is 1. The molecule has 1 N–H and O–H groups in total. The van der Waals surface area contributed by atoms with Crippen molar-refractivity contribution >= 4 is 35.7 Å². The molecule has 4 aliphatic carbocycles. The van der Waals surface area contributed by atoms with Crippen molar-refractivity contribution < 1.29 is 83.8 Å². The Morgan fingerprint density at radius 1 is 0.553 bits per heavy atom. The highest BCUT2D eigenvalue weighted by Gasteiger charge is 2.62. The van der Waals surface area contributed by atoms with Gasteiger partial charge in [0.05, 0.1) is 26.4 Å². The average molecular weight is 1220 g/mol. The summed E-state index contributed by atoms with van der Waals surface area (Å²) >= 11 is 0. The van der Waals surface area contributed by atoms with Crippen LogP contribution < -0.4 is 31.2 Å². The first-order valence-electron chi connectivity index (χ1n) is 29.3. The lowest BCUT2D eigenvalue weighted by Gasteiger charge is -2.44. The monoisotopic (exact) mass is 1220 g/mol. The number of methoxy groups -OCH3 is 4. The number of pyridine rings is 2. The molecule has 85 heavy (non-hydrogen) atoms. The zero-order valence-corrected chi connectivity index (χ0v) is 59.9. The predicted octanol–water partition coefficient (Wildman–Crippen LogP) is 10.7. The van der Waals surface area contributed by atoms with E-state index >= 15 is 0 Å². The van der Waals surface area contributed by atoms with Crippen LogP contribution in [0.2, 0.25) is 0 Å². The van der Waals surface area contributed by atoms with Gasteiger partial charge in [-0.3, -0.25) is 4.79 Å². The average Bonchev–Trinajstić information content (AvgIpc) is 1.83. The van der Waals surface area contributed by atoms with Crippen molar-refractivity contribution in [1.29, 1.82) is 0 Å². The molecule has 3 unspecified atom stereocenters. The minimum Gasteiger partial charge on any atom is -1.00 e. The topological polar surface area (TPSA) is 181 Å². The number of carbonyl (C=O) groups excluding carboxylic acids is 5. The molecule has 0 bridgehead atoms. The number of aliphatic hydroxyl groups is 1. The number of Topliss-reactive ketones (excluding diaryl/α,β-unsaturated/α-hetero) is 1. The van der Waals surface area contributed by atoms with Crippen LogP contribution >= 0.6 is 0 Å². The van der Waals surface area contributed by atoms with E-state index in [4.69, 9.17) is 18.9 Å². The Labute approximate surface area is 522 Å². The molecule has 2 aromatic rings. The Hall–Kier alpha value is -4.38. The fourth-order valence-electron chi connectivity index (χ4n) is 11.5. The van der Waals surface area contributed by atoms with Gasteiger partial charge in [0.15, 0.2) is 18.6 Å². The summed E-state index contributed by atoms with van der Waals surface area (Å²) in [6.45, 7) is 53.0. The third kappa shape index (κ3) is 18.1. The third-order valence-electron chi connectivity index (χ3n) is 23.1. The third-order valence-corrected chi connectivity index (χ3v) is 23.1. The van der Waals surface area contributed by atoms with Crippen LogP contribution in [0, 0.1) is 72.4 Å². The zero-order valence-electron chi connectivity index (χ0n) is 59.2. The fourth-order valence-corrected chi connectivity index (χ4v) is 11.5. The van der Waals surface area contributed by atoms with E-state index in [-0.39, 0.29) is 128 Å². The number of carbonyl (C=O) groups is 5. The van der Waals surface area contributed by atoms with Crippen LogP contribution in [-0.2, 0) is 49.9 Å². The number of esters is 2. The molecule has 0 aliphatic heterocycles. The number of hydrogen-bond donors (Lipinski definition) is 1. The lowest BCUT2D eigenvalue weighted by atomic mass is 9.61. The van der Waals surface area contributed by atoms with E-state index in [2.05, 4.69) is 180 Å². The van der Waals surface area contributed by atoms with E-state index in [9.17, 15) is 29.1 Å². The molecule has 3 atom stereocenters. The van der Waals surface area contributed by atoms with Gasteiger partial charge in [-0.1, -0.05) is 171 Å². The second kappa shape index (κ2) is 30.2. The van der Waals surface area contributed by atoms with Crippen molar-refractivity contribution in [3.8, 4) is 5.88 Å². The van der Waals surface area contributed by atoms with E-state index in [1.54, 1.807) is 42.3 Å². The standard InChI is InChI=1S/C14H26O3.C13H24O3.C11H22O.C11H20O.C9H13N2O2.C9H12NO3.CH3.ClH/c1-12(2)8-10(17-11(15)9-16-7)13(3,4)14(12,5)6;1-11(2)8-9(16-10(14)15-7)12(3,4)13(11,5)6;2*1-9(2)7-8(12)10(3,4)11(9,5)6;1-10(2)8-4-6-11(7-5-8)9(12)13-3;1-10-6-4-3-5-8(10)13-9(11)7-12-2;;/h10H,8-9H2,1-7H3;9H,8H2,1-7H3;8,12H,7H2,1-6H3;7H2,1-6H3;4-7H,1-3H3;3-6H,7H2,1-2H3;1H3;1H/q;;;;2*+1;-1;/p-1. The lowest BCUT2D eigenvalue weighted by molar-refractivity contribution is -0.675. The summed E-state index contributed by atoms with van der Waals surface area (Å²) in [4.78, 5) is 58.5. The number of aromatic nitrogens is 2. The number of rotatable bonds is 8. The smallest absolute Gasteiger partial charge is 0.601 e. The summed E-state index contributed by atoms with van der Waals surface area (Å²) in [7, 11) is 11.3. The van der Waals surface area contributed by atoms with E-state index in [1.165, 1.54) is 33.0 Å². The van der Waals surface area contributed by atoms with Crippen molar-refractivity contribution in [3.05, 3.63) is 56.3 Å². The van der Waals surface area contributed by atoms with E-state index < -0.39 is 12.1 Å². The molecule has 0 spiro atoms. The molecule has 2 heterocycles. The van der Waals surface area contributed by atoms with Crippen molar-refractivity contribution in [2.24, 2.45) is 72.0 Å². The van der Waals surface area contributed by atoms with Crippen LogP contribution in [0.4, 0.5) is 15.3 Å². The summed E-state index contributed by atoms with van der Waals surface area (Å²) in [6, 6.07) is 9.06. The normalized spacial score (nSPS) is 23.9. The Morgan fingerprint density at radius 2 is 0.965 bits per heavy atom. The van der Waals surface area contributed by atoms with Crippen LogP contribution in [0.3, 0.4) is 0 Å². The predicted molar refractivity (Wildman–Crippen MR) is 334 cm³/mol. The first kappa shape index (κ1) is 82.7. The first-order chi connectivity index (χ1) is 37.3. The molecule has 0 amide bonds. The Balaban J connectivity index is 0. The molecule has 0 aromatic carbocycles.